The monoisotopic (exact) mass is 376 g/mol. The fraction of sp³-hybridized carbons (Fsp3) is 0.0909. The molecule has 27 heavy (non-hydrogen) atoms. The highest BCUT2D eigenvalue weighted by Gasteiger charge is 2.25. The first kappa shape index (κ1) is 17.3. The smallest absolute Gasteiger partial charge is 0.259 e. The molecule has 0 unspecified atom stereocenters. The molecule has 2 aromatic carbocycles. The van der Waals surface area contributed by atoms with Crippen molar-refractivity contribution >= 4 is 28.3 Å². The van der Waals surface area contributed by atoms with Gasteiger partial charge >= 0.3 is 0 Å². The van der Waals surface area contributed by atoms with E-state index >= 15 is 0 Å². The summed E-state index contributed by atoms with van der Waals surface area (Å²) in [7, 11) is 0. The summed E-state index contributed by atoms with van der Waals surface area (Å²) in [5.41, 5.74) is 3.11. The molecule has 0 saturated carbocycles. The average molecular weight is 377 g/mol. The van der Waals surface area contributed by atoms with Crippen molar-refractivity contribution < 1.29 is 9.52 Å². The average Bonchev–Trinajstić information content (AvgIpc) is 3.09. The topological polar surface area (TPSA) is 59.8 Å². The van der Waals surface area contributed by atoms with Crippen LogP contribution in [-0.4, -0.2) is 10.8 Å². The van der Waals surface area contributed by atoms with Crippen LogP contribution in [0.15, 0.2) is 79.1 Å². The van der Waals surface area contributed by atoms with Crippen molar-refractivity contribution in [2.75, 3.05) is 0 Å². The van der Waals surface area contributed by atoms with Gasteiger partial charge in [-0.25, -0.2) is 0 Å². The predicted molar refractivity (Wildman–Crippen MR) is 106 cm³/mol. The number of fused-ring (bicyclic) bond motifs is 1. The van der Waals surface area contributed by atoms with E-state index in [1.54, 1.807) is 18.2 Å². The molecule has 0 saturated heterocycles. The lowest BCUT2D eigenvalue weighted by Crippen LogP contribution is -2.34. The van der Waals surface area contributed by atoms with Gasteiger partial charge in [-0.2, -0.15) is 4.73 Å². The van der Waals surface area contributed by atoms with E-state index in [-0.39, 0.29) is 23.8 Å². The van der Waals surface area contributed by atoms with E-state index in [2.05, 4.69) is 4.98 Å². The molecule has 0 fully saturated rings. The third kappa shape index (κ3) is 3.44. The SMILES string of the molecule is O=C(C[C@H](c1ccccc1)c1c[nH]c2ccc(Cl)cc12)c1cccc[n+]1[O-]. The van der Waals surface area contributed by atoms with Crippen LogP contribution in [0.4, 0.5) is 0 Å². The lowest BCUT2D eigenvalue weighted by atomic mass is 9.86. The highest BCUT2D eigenvalue weighted by molar-refractivity contribution is 6.31. The molecule has 4 nitrogen and oxygen atoms in total. The fourth-order valence-corrected chi connectivity index (χ4v) is 3.60. The Morgan fingerprint density at radius 1 is 1.07 bits per heavy atom. The van der Waals surface area contributed by atoms with Crippen LogP contribution in [0, 0.1) is 5.21 Å². The number of carbonyl (C=O) groups excluding carboxylic acids is 1. The molecule has 0 aliphatic rings. The Bertz CT molecular complexity index is 1110. The van der Waals surface area contributed by atoms with Crippen LogP contribution in [0.2, 0.25) is 5.02 Å². The van der Waals surface area contributed by atoms with E-state index < -0.39 is 0 Å². The van der Waals surface area contributed by atoms with Crippen molar-refractivity contribution in [3.8, 4) is 0 Å². The molecule has 1 N–H and O–H groups in total. The number of nitrogens with zero attached hydrogens (tertiary/aromatic N) is 1. The molecular weight excluding hydrogens is 360 g/mol. The second-order valence-electron chi connectivity index (χ2n) is 6.44. The summed E-state index contributed by atoms with van der Waals surface area (Å²) in [6, 6.07) is 20.4. The van der Waals surface area contributed by atoms with Gasteiger partial charge in [0.15, 0.2) is 6.20 Å². The fourth-order valence-electron chi connectivity index (χ4n) is 3.43. The minimum atomic E-state index is -0.198. The number of benzene rings is 2. The molecule has 4 aromatic rings. The van der Waals surface area contributed by atoms with E-state index in [0.717, 1.165) is 22.0 Å². The maximum atomic E-state index is 12.9. The quantitative estimate of drug-likeness (QED) is 0.307. The Morgan fingerprint density at radius 3 is 2.63 bits per heavy atom. The van der Waals surface area contributed by atoms with Gasteiger partial charge in [0.1, 0.15) is 0 Å². The maximum absolute atomic E-state index is 12.9. The number of hydrogen-bond donors (Lipinski definition) is 1. The van der Waals surface area contributed by atoms with Crippen LogP contribution in [0.25, 0.3) is 10.9 Å². The highest BCUT2D eigenvalue weighted by atomic mass is 35.5. The number of rotatable bonds is 5. The van der Waals surface area contributed by atoms with Crippen molar-refractivity contribution in [2.45, 2.75) is 12.3 Å². The van der Waals surface area contributed by atoms with Gasteiger partial charge in [0.05, 0.1) is 0 Å². The molecule has 0 amide bonds. The number of aromatic nitrogens is 2. The lowest BCUT2D eigenvalue weighted by Gasteiger charge is -2.16. The first-order chi connectivity index (χ1) is 13.1. The molecule has 0 aliphatic carbocycles. The third-order valence-electron chi connectivity index (χ3n) is 4.75. The molecule has 4 rings (SSSR count). The predicted octanol–water partition coefficient (Wildman–Crippen LogP) is 4.86. The summed E-state index contributed by atoms with van der Waals surface area (Å²) in [5.74, 6) is -0.387. The first-order valence-electron chi connectivity index (χ1n) is 8.66. The van der Waals surface area contributed by atoms with E-state index in [4.69, 9.17) is 11.6 Å². The second-order valence-corrected chi connectivity index (χ2v) is 6.87. The second kappa shape index (κ2) is 7.25. The van der Waals surface area contributed by atoms with Crippen molar-refractivity contribution in [3.63, 3.8) is 0 Å². The number of aromatic amines is 1. The Hall–Kier alpha value is -3.11. The number of ketones is 1. The zero-order chi connectivity index (χ0) is 18.8. The zero-order valence-corrected chi connectivity index (χ0v) is 15.2. The molecular formula is C22H17ClN2O2. The minimum Gasteiger partial charge on any atom is -0.618 e. The standard InChI is InChI=1S/C22H17ClN2O2/c23-16-9-10-20-18(12-16)19(14-24-20)17(15-6-2-1-3-7-15)13-22(26)21-8-4-5-11-25(21)27/h1-12,14,17,24H,13H2/t17-/m1/s1. The van der Waals surface area contributed by atoms with Crippen LogP contribution in [0.3, 0.4) is 0 Å². The van der Waals surface area contributed by atoms with Gasteiger partial charge in [-0.3, -0.25) is 4.79 Å². The van der Waals surface area contributed by atoms with Crippen molar-refractivity contribution in [2.24, 2.45) is 0 Å². The van der Waals surface area contributed by atoms with Crippen LogP contribution < -0.4 is 4.73 Å². The Morgan fingerprint density at radius 2 is 1.85 bits per heavy atom. The van der Waals surface area contributed by atoms with Crippen LogP contribution in [0.1, 0.15) is 34.0 Å². The molecule has 2 aromatic heterocycles. The molecule has 0 bridgehead atoms. The van der Waals surface area contributed by atoms with Gasteiger partial charge in [0.2, 0.25) is 5.78 Å². The molecule has 1 atom stereocenters. The largest absolute Gasteiger partial charge is 0.618 e. The van der Waals surface area contributed by atoms with Crippen LogP contribution in [0.5, 0.6) is 0 Å². The molecule has 0 aliphatic heterocycles. The Balaban J connectivity index is 1.79. The Labute approximate surface area is 161 Å². The van der Waals surface area contributed by atoms with Gasteiger partial charge in [-0.1, -0.05) is 41.9 Å². The number of carbonyl (C=O) groups is 1. The maximum Gasteiger partial charge on any atom is 0.259 e. The minimum absolute atomic E-state index is 0.149. The summed E-state index contributed by atoms with van der Waals surface area (Å²) in [5, 5.41) is 13.6. The van der Waals surface area contributed by atoms with E-state index in [1.807, 2.05) is 54.7 Å². The summed E-state index contributed by atoms with van der Waals surface area (Å²) in [4.78, 5) is 16.1. The number of H-pyrrole nitrogens is 1. The molecule has 134 valence electrons. The van der Waals surface area contributed by atoms with Crippen molar-refractivity contribution in [3.05, 3.63) is 106 Å². The van der Waals surface area contributed by atoms with Crippen LogP contribution in [-0.2, 0) is 0 Å². The Kier molecular flexibility index (Phi) is 4.65. The van der Waals surface area contributed by atoms with Crippen molar-refractivity contribution in [1.82, 2.24) is 4.98 Å². The van der Waals surface area contributed by atoms with E-state index in [0.29, 0.717) is 9.75 Å². The summed E-state index contributed by atoms with van der Waals surface area (Å²) < 4.78 is 0.622. The van der Waals surface area contributed by atoms with E-state index in [9.17, 15) is 10.0 Å². The lowest BCUT2D eigenvalue weighted by molar-refractivity contribution is -0.607. The van der Waals surface area contributed by atoms with Crippen LogP contribution >= 0.6 is 11.6 Å². The van der Waals surface area contributed by atoms with E-state index in [1.165, 1.54) is 6.20 Å². The molecule has 0 spiro atoms. The number of halogens is 1. The summed E-state index contributed by atoms with van der Waals surface area (Å²) in [6.45, 7) is 0. The zero-order valence-electron chi connectivity index (χ0n) is 14.4. The summed E-state index contributed by atoms with van der Waals surface area (Å²) in [6.07, 6.45) is 3.45. The number of hydrogen-bond acceptors (Lipinski definition) is 2. The van der Waals surface area contributed by atoms with Gasteiger partial charge in [-0.15, -0.1) is 0 Å². The summed E-state index contributed by atoms with van der Waals surface area (Å²) >= 11 is 6.20. The number of pyridine rings is 1. The van der Waals surface area contributed by atoms with Gasteiger partial charge in [0, 0.05) is 46.6 Å². The van der Waals surface area contributed by atoms with Gasteiger partial charge in [0.25, 0.3) is 5.69 Å². The molecule has 2 heterocycles. The van der Waals surface area contributed by atoms with Gasteiger partial charge in [-0.05, 0) is 35.4 Å². The molecule has 0 radical (unpaired) electrons. The third-order valence-corrected chi connectivity index (χ3v) is 4.99. The number of nitrogens with one attached hydrogen (secondary N) is 1. The first-order valence-corrected chi connectivity index (χ1v) is 9.04. The van der Waals surface area contributed by atoms with Crippen molar-refractivity contribution in [1.29, 1.82) is 0 Å². The highest BCUT2D eigenvalue weighted by Crippen LogP contribution is 2.35. The van der Waals surface area contributed by atoms with Gasteiger partial charge < -0.3 is 10.2 Å². The molecule has 5 heteroatoms. The number of Topliss-reactive ketones (excluding diaryl/α,β-unsaturated/α-hetero) is 1. The normalized spacial score (nSPS) is 12.2.